The number of nitrogens with zero attached hydrogens (tertiary/aromatic N) is 6. The van der Waals surface area contributed by atoms with Gasteiger partial charge in [0.15, 0.2) is 16.3 Å². The lowest BCUT2D eigenvalue weighted by Crippen LogP contribution is -2.40. The van der Waals surface area contributed by atoms with Crippen LogP contribution < -0.4 is 50.4 Å². The number of carbonyl (C=O) groups is 4. The maximum atomic E-state index is 13.1. The summed E-state index contributed by atoms with van der Waals surface area (Å²) in [6.07, 6.45) is 0.967. The molecule has 77 heavy (non-hydrogen) atoms. The van der Waals surface area contributed by atoms with Gasteiger partial charge in [0.05, 0.1) is 64.7 Å². The Labute approximate surface area is 444 Å². The summed E-state index contributed by atoms with van der Waals surface area (Å²) in [6.45, 7) is 3.15. The number of carbonyl (C=O) groups excluding carboxylic acids is 2. The molecule has 5 aromatic rings. The minimum Gasteiger partial charge on any atom is -0.778 e. The van der Waals surface area contributed by atoms with Crippen LogP contribution in [0, 0.1) is 0 Å². The number of esters is 1. The summed E-state index contributed by atoms with van der Waals surface area (Å²) in [5, 5.41) is 23.3. The fraction of sp³-hybridized carbons (Fsp3) is 0.372. The second kappa shape index (κ2) is 29.3. The molecule has 3 aromatic heterocycles. The van der Waals surface area contributed by atoms with E-state index >= 15 is 0 Å². The zero-order valence-electron chi connectivity index (χ0n) is 42.5. The SMILES string of the molecule is CCc1ccc(COc2ccc(-n3c(=O)cc(C(F)(F)F)n(C)c3=O)cc2)c(OC(C)C(=O)OC)c1.COc1cc(OC)nc(NC(=O)NS(=O)(=O)c2c(C(=O)O)c(Cl)nn2C)n1.C[S+](C)C.O=C(O)CNCP(=O)([O-])O. The summed E-state index contributed by atoms with van der Waals surface area (Å²) < 4.78 is 103. The normalized spacial score (nSPS) is 12.1. The van der Waals surface area contributed by atoms with E-state index in [1.165, 1.54) is 51.7 Å². The van der Waals surface area contributed by atoms with Crippen LogP contribution in [0.5, 0.6) is 23.3 Å². The summed E-state index contributed by atoms with van der Waals surface area (Å²) in [4.78, 5) is 95.1. The van der Waals surface area contributed by atoms with Crippen LogP contribution in [0.2, 0.25) is 5.15 Å². The number of urea groups is 1. The maximum Gasteiger partial charge on any atom is 0.431 e. The van der Waals surface area contributed by atoms with Crippen LogP contribution in [-0.2, 0) is 73.1 Å². The molecule has 0 aliphatic heterocycles. The first kappa shape index (κ1) is 65.9. The average molecular weight is 1170 g/mol. The van der Waals surface area contributed by atoms with Crippen LogP contribution >= 0.6 is 19.2 Å². The number of hydrogen-bond acceptors (Lipinski definition) is 19. The number of aliphatic carboxylic acids is 1. The van der Waals surface area contributed by atoms with E-state index in [0.717, 1.165) is 26.1 Å². The molecule has 0 spiro atoms. The van der Waals surface area contributed by atoms with E-state index in [9.17, 15) is 59.8 Å². The molecule has 2 amide bonds. The molecule has 2 unspecified atom stereocenters. The molecule has 5 rings (SSSR count). The molecule has 2 atom stereocenters. The molecular formula is C43H54ClF3N9O18PS2. The molecule has 0 fully saturated rings. The Hall–Kier alpha value is -7.22. The molecule has 2 aromatic carbocycles. The van der Waals surface area contributed by atoms with E-state index < -0.39 is 99.4 Å². The van der Waals surface area contributed by atoms with Crippen LogP contribution in [0.4, 0.5) is 23.9 Å². The monoisotopic (exact) mass is 1170 g/mol. The van der Waals surface area contributed by atoms with Crippen molar-refractivity contribution in [3.8, 4) is 28.9 Å². The molecule has 3 heterocycles. The Morgan fingerprint density at radius 3 is 2.00 bits per heavy atom. The number of amides is 2. The molecule has 27 nitrogen and oxygen atoms in total. The zero-order valence-corrected chi connectivity index (χ0v) is 45.8. The Balaban J connectivity index is 0.000000432. The van der Waals surface area contributed by atoms with Crippen LogP contribution in [-0.4, -0.2) is 135 Å². The second-order valence-corrected chi connectivity index (χ2v) is 21.5. The first-order valence-electron chi connectivity index (χ1n) is 21.4. The van der Waals surface area contributed by atoms with Crippen molar-refractivity contribution >= 4 is 70.0 Å². The van der Waals surface area contributed by atoms with Gasteiger partial charge in [0.25, 0.3) is 15.6 Å². The molecule has 0 bridgehead atoms. The van der Waals surface area contributed by atoms with Gasteiger partial charge in [-0.15, -0.1) is 0 Å². The smallest absolute Gasteiger partial charge is 0.431 e. The number of sulfonamides is 1. The Morgan fingerprint density at radius 1 is 0.948 bits per heavy atom. The number of hydrogen-bond donors (Lipinski definition) is 6. The number of aromatic nitrogens is 6. The molecule has 0 saturated heterocycles. The summed E-state index contributed by atoms with van der Waals surface area (Å²) in [5.41, 5.74) is -2.58. The predicted octanol–water partition coefficient (Wildman–Crippen LogP) is 2.38. The van der Waals surface area contributed by atoms with Gasteiger partial charge in [0.1, 0.15) is 37.0 Å². The number of carboxylic acid groups (broad SMARTS) is 2. The molecule has 6 N–H and O–H groups in total. The summed E-state index contributed by atoms with van der Waals surface area (Å²) in [6, 6.07) is 11.7. The van der Waals surface area contributed by atoms with Gasteiger partial charge in [-0.2, -0.15) is 36.7 Å². The topological polar surface area (TPSA) is 373 Å². The van der Waals surface area contributed by atoms with E-state index in [1.807, 2.05) is 30.4 Å². The third-order valence-electron chi connectivity index (χ3n) is 9.03. The zero-order chi connectivity index (χ0) is 58.7. The number of halogens is 4. The van der Waals surface area contributed by atoms with Crippen molar-refractivity contribution in [3.63, 3.8) is 0 Å². The summed E-state index contributed by atoms with van der Waals surface area (Å²) in [5.74, 6) is -2.71. The predicted molar refractivity (Wildman–Crippen MR) is 270 cm³/mol. The number of nitrogens with one attached hydrogen (secondary N) is 3. The third-order valence-corrected chi connectivity index (χ3v) is 11.4. The fourth-order valence-electron chi connectivity index (χ4n) is 5.68. The van der Waals surface area contributed by atoms with E-state index in [2.05, 4.69) is 39.2 Å². The number of carboxylic acids is 2. The quantitative estimate of drug-likeness (QED) is 0.0417. The highest BCUT2D eigenvalue weighted by atomic mass is 35.5. The highest BCUT2D eigenvalue weighted by Gasteiger charge is 2.35. The highest BCUT2D eigenvalue weighted by molar-refractivity contribution is 7.94. The van der Waals surface area contributed by atoms with Crippen LogP contribution in [0.25, 0.3) is 5.69 Å². The largest absolute Gasteiger partial charge is 0.778 e. The number of aryl methyl sites for hydroxylation is 2. The van der Waals surface area contributed by atoms with E-state index in [-0.39, 0.29) is 30.0 Å². The number of methoxy groups -OCH3 is 3. The van der Waals surface area contributed by atoms with Crippen molar-refractivity contribution in [2.24, 2.45) is 14.1 Å². The molecule has 0 aliphatic carbocycles. The minimum atomic E-state index is -4.84. The van der Waals surface area contributed by atoms with Gasteiger partial charge in [0.2, 0.25) is 17.7 Å². The van der Waals surface area contributed by atoms with E-state index in [1.54, 1.807) is 11.6 Å². The summed E-state index contributed by atoms with van der Waals surface area (Å²) >= 11 is 5.63. The van der Waals surface area contributed by atoms with Gasteiger partial charge in [-0.05, 0) is 60.1 Å². The van der Waals surface area contributed by atoms with Crippen molar-refractivity contribution in [1.82, 2.24) is 38.9 Å². The van der Waals surface area contributed by atoms with Crippen LogP contribution in [0.1, 0.15) is 41.0 Å². The maximum absolute atomic E-state index is 13.1. The number of rotatable bonds is 18. The first-order valence-corrected chi connectivity index (χ1v) is 27.5. The number of ether oxygens (including phenoxy) is 5. The van der Waals surface area contributed by atoms with Crippen molar-refractivity contribution in [2.45, 2.75) is 44.2 Å². The van der Waals surface area contributed by atoms with Crippen LogP contribution in [0.15, 0.2) is 69.2 Å². The molecule has 0 aliphatic rings. The lowest BCUT2D eigenvalue weighted by molar-refractivity contribution is -0.193. The Bertz CT molecular complexity index is 3130. The van der Waals surface area contributed by atoms with Gasteiger partial charge < -0.3 is 48.2 Å². The summed E-state index contributed by atoms with van der Waals surface area (Å²) in [7, 11) is -2.35. The number of alkyl halides is 3. The van der Waals surface area contributed by atoms with Crippen molar-refractivity contribution in [3.05, 3.63) is 103 Å². The first-order chi connectivity index (χ1) is 35.7. The second-order valence-electron chi connectivity index (χ2n) is 15.5. The lowest BCUT2D eigenvalue weighted by Gasteiger charge is -2.17. The molecular weight excluding hydrogens is 1120 g/mol. The molecule has 0 radical (unpaired) electrons. The van der Waals surface area contributed by atoms with Gasteiger partial charge >= 0.3 is 35.8 Å². The molecule has 424 valence electrons. The van der Waals surface area contributed by atoms with Crippen LogP contribution in [0.3, 0.4) is 0 Å². The third kappa shape index (κ3) is 21.0. The fourth-order valence-corrected chi connectivity index (χ4v) is 7.64. The van der Waals surface area contributed by atoms with Gasteiger partial charge in [-0.25, -0.2) is 28.5 Å². The number of anilines is 1. The van der Waals surface area contributed by atoms with Crippen molar-refractivity contribution in [1.29, 1.82) is 0 Å². The van der Waals surface area contributed by atoms with Crippen molar-refractivity contribution < 1.29 is 89.0 Å². The van der Waals surface area contributed by atoms with E-state index in [0.29, 0.717) is 47.8 Å². The number of benzene rings is 2. The van der Waals surface area contributed by atoms with Crippen molar-refractivity contribution in [2.75, 3.05) is 58.2 Å². The highest BCUT2D eigenvalue weighted by Crippen LogP contribution is 2.29. The Morgan fingerprint density at radius 2 is 1.52 bits per heavy atom. The van der Waals surface area contributed by atoms with Gasteiger partial charge in [-0.1, -0.05) is 30.7 Å². The van der Waals surface area contributed by atoms with Gasteiger partial charge in [0, 0.05) is 25.7 Å². The minimum absolute atomic E-state index is 0.0478. The number of aromatic carboxylic acids is 1. The molecule has 34 heteroatoms. The Kier molecular flexibility index (Phi) is 25.1. The molecule has 0 saturated carbocycles. The lowest BCUT2D eigenvalue weighted by atomic mass is 10.1. The standard InChI is InChI=1S/C25H25F3N2O6.C12H13ClN6O7S.C3H8NO5P.C3H9S/c1-5-16-6-7-17(20(12-16)36-15(2)23(32)34-4)14-35-19-10-8-18(9-11-19)30-22(31)13-21(25(26,27)28)29(3)24(30)33;1-19-9(7(10(20)21)8(13)17-19)27(23,24)18-12(22)16-11-14-5(25-2)4-6(15-11)26-3;5-3(6)1-4-2-10(7,8)9;1-4(2)3/h6-13,15H,5,14H2,1-4H3;4H,1-3H3,(H,20,21)(H2,14,15,16,18,22);4H,1-2H2,(H,5,6)(H2,7,8,9);1-3H3/q;;;+1/p-1. The van der Waals surface area contributed by atoms with E-state index in [4.69, 9.17) is 50.4 Å². The van der Waals surface area contributed by atoms with Gasteiger partial charge in [-0.3, -0.25) is 29.5 Å². The average Bonchev–Trinajstić information content (AvgIpc) is 3.65.